The summed E-state index contributed by atoms with van der Waals surface area (Å²) in [5, 5.41) is 2.93. The zero-order chi connectivity index (χ0) is 18.8. The third-order valence-electron chi connectivity index (χ3n) is 4.00. The predicted molar refractivity (Wildman–Crippen MR) is 102 cm³/mol. The highest BCUT2D eigenvalue weighted by molar-refractivity contribution is 5.78. The molecule has 0 aliphatic heterocycles. The lowest BCUT2D eigenvalue weighted by molar-refractivity contribution is -0.120. The highest BCUT2D eigenvalue weighted by Gasteiger charge is 2.08. The van der Waals surface area contributed by atoms with E-state index in [1.54, 1.807) is 14.2 Å². The van der Waals surface area contributed by atoms with E-state index in [0.29, 0.717) is 25.3 Å². The van der Waals surface area contributed by atoms with Gasteiger partial charge in [0, 0.05) is 6.54 Å². The van der Waals surface area contributed by atoms with Gasteiger partial charge < -0.3 is 19.5 Å². The van der Waals surface area contributed by atoms with Crippen molar-refractivity contribution < 1.29 is 19.0 Å². The van der Waals surface area contributed by atoms with Gasteiger partial charge in [-0.05, 0) is 41.8 Å². The van der Waals surface area contributed by atoms with Crippen LogP contribution in [0, 0.1) is 0 Å². The van der Waals surface area contributed by atoms with Gasteiger partial charge in [0.2, 0.25) is 5.91 Å². The van der Waals surface area contributed by atoms with E-state index in [0.717, 1.165) is 35.5 Å². The van der Waals surface area contributed by atoms with Crippen molar-refractivity contribution in [2.24, 2.45) is 0 Å². The first-order valence-corrected chi connectivity index (χ1v) is 8.85. The Morgan fingerprint density at radius 1 is 0.962 bits per heavy atom. The van der Waals surface area contributed by atoms with Gasteiger partial charge in [0.05, 0.1) is 27.2 Å². The van der Waals surface area contributed by atoms with Crippen LogP contribution in [-0.2, 0) is 17.8 Å². The summed E-state index contributed by atoms with van der Waals surface area (Å²) in [7, 11) is 3.24. The fraction of sp³-hybridized carbons (Fsp3) is 0.381. The summed E-state index contributed by atoms with van der Waals surface area (Å²) < 4.78 is 16.2. The molecule has 5 nitrogen and oxygen atoms in total. The zero-order valence-electron chi connectivity index (χ0n) is 15.7. The van der Waals surface area contributed by atoms with Crippen LogP contribution in [0.4, 0.5) is 0 Å². The molecule has 0 aliphatic carbocycles. The smallest absolute Gasteiger partial charge is 0.224 e. The Labute approximate surface area is 155 Å². The quantitative estimate of drug-likeness (QED) is 0.658. The predicted octanol–water partition coefficient (Wildman–Crippen LogP) is 3.74. The van der Waals surface area contributed by atoms with Crippen molar-refractivity contribution in [1.29, 1.82) is 0 Å². The Balaban J connectivity index is 1.88. The van der Waals surface area contributed by atoms with Crippen LogP contribution in [0.1, 0.15) is 30.9 Å². The number of benzene rings is 2. The number of carbonyl (C=O) groups excluding carboxylic acids is 1. The van der Waals surface area contributed by atoms with E-state index in [2.05, 4.69) is 12.2 Å². The zero-order valence-corrected chi connectivity index (χ0v) is 15.7. The summed E-state index contributed by atoms with van der Waals surface area (Å²) in [6.07, 6.45) is 2.42. The van der Waals surface area contributed by atoms with Crippen molar-refractivity contribution in [2.75, 3.05) is 20.8 Å². The molecule has 0 bridgehead atoms. The SMILES string of the molecule is CCCCOc1ccc(CNC(=O)Cc2ccc(OC)cc2)cc1OC. The van der Waals surface area contributed by atoms with E-state index >= 15 is 0 Å². The monoisotopic (exact) mass is 357 g/mol. The molecule has 0 radical (unpaired) electrons. The molecule has 0 spiro atoms. The Morgan fingerprint density at radius 3 is 2.35 bits per heavy atom. The lowest BCUT2D eigenvalue weighted by Gasteiger charge is -2.12. The fourth-order valence-electron chi connectivity index (χ4n) is 2.46. The Kier molecular flexibility index (Phi) is 7.80. The molecule has 0 saturated carbocycles. The Morgan fingerprint density at radius 2 is 1.69 bits per heavy atom. The van der Waals surface area contributed by atoms with Gasteiger partial charge in [-0.2, -0.15) is 0 Å². The van der Waals surface area contributed by atoms with Gasteiger partial charge in [-0.1, -0.05) is 31.5 Å². The molecule has 1 N–H and O–H groups in total. The van der Waals surface area contributed by atoms with Crippen LogP contribution in [-0.4, -0.2) is 26.7 Å². The van der Waals surface area contributed by atoms with Gasteiger partial charge in [-0.25, -0.2) is 0 Å². The molecule has 0 atom stereocenters. The van der Waals surface area contributed by atoms with Gasteiger partial charge in [0.1, 0.15) is 5.75 Å². The highest BCUT2D eigenvalue weighted by Crippen LogP contribution is 2.28. The molecule has 0 aliphatic rings. The first kappa shape index (κ1) is 19.6. The van der Waals surface area contributed by atoms with Crippen LogP contribution in [0.3, 0.4) is 0 Å². The van der Waals surface area contributed by atoms with E-state index in [-0.39, 0.29) is 5.91 Å². The van der Waals surface area contributed by atoms with Gasteiger partial charge in [-0.15, -0.1) is 0 Å². The largest absolute Gasteiger partial charge is 0.497 e. The lowest BCUT2D eigenvalue weighted by Crippen LogP contribution is -2.24. The Bertz CT molecular complexity index is 698. The minimum Gasteiger partial charge on any atom is -0.497 e. The third-order valence-corrected chi connectivity index (χ3v) is 4.00. The fourth-order valence-corrected chi connectivity index (χ4v) is 2.46. The Hall–Kier alpha value is -2.69. The minimum atomic E-state index is -0.0302. The number of methoxy groups -OCH3 is 2. The van der Waals surface area contributed by atoms with Crippen molar-refractivity contribution in [3.63, 3.8) is 0 Å². The van der Waals surface area contributed by atoms with Crippen molar-refractivity contribution in [1.82, 2.24) is 5.32 Å². The first-order valence-electron chi connectivity index (χ1n) is 8.85. The van der Waals surface area contributed by atoms with Crippen molar-refractivity contribution >= 4 is 5.91 Å². The summed E-state index contributed by atoms with van der Waals surface area (Å²) in [5.41, 5.74) is 1.91. The van der Waals surface area contributed by atoms with Gasteiger partial charge >= 0.3 is 0 Å². The molecule has 1 amide bonds. The second-order valence-electron chi connectivity index (χ2n) is 5.99. The van der Waals surface area contributed by atoms with Gasteiger partial charge in [-0.3, -0.25) is 4.79 Å². The van der Waals surface area contributed by atoms with E-state index in [1.807, 2.05) is 42.5 Å². The van der Waals surface area contributed by atoms with Crippen LogP contribution in [0.15, 0.2) is 42.5 Å². The second-order valence-corrected chi connectivity index (χ2v) is 5.99. The van der Waals surface area contributed by atoms with Crippen molar-refractivity contribution in [3.8, 4) is 17.2 Å². The molecule has 140 valence electrons. The maximum atomic E-state index is 12.1. The molecule has 0 fully saturated rings. The first-order chi connectivity index (χ1) is 12.7. The molecule has 0 saturated heterocycles. The summed E-state index contributed by atoms with van der Waals surface area (Å²) in [6, 6.07) is 13.2. The van der Waals surface area contributed by atoms with Crippen LogP contribution in [0.2, 0.25) is 0 Å². The molecular formula is C21H27NO4. The summed E-state index contributed by atoms with van der Waals surface area (Å²) in [6.45, 7) is 3.24. The van der Waals surface area contributed by atoms with Crippen molar-refractivity contribution in [3.05, 3.63) is 53.6 Å². The maximum absolute atomic E-state index is 12.1. The van der Waals surface area contributed by atoms with E-state index < -0.39 is 0 Å². The summed E-state index contributed by atoms with van der Waals surface area (Å²) >= 11 is 0. The molecule has 2 rings (SSSR count). The topological polar surface area (TPSA) is 56.8 Å². The molecule has 0 aromatic heterocycles. The third kappa shape index (κ3) is 5.99. The molecule has 0 unspecified atom stereocenters. The number of amides is 1. The molecule has 5 heteroatoms. The number of carbonyl (C=O) groups is 1. The van der Waals surface area contributed by atoms with Gasteiger partial charge in [0.25, 0.3) is 0 Å². The molecule has 0 heterocycles. The average Bonchev–Trinajstić information content (AvgIpc) is 2.67. The number of hydrogen-bond acceptors (Lipinski definition) is 4. The minimum absolute atomic E-state index is 0.0302. The lowest BCUT2D eigenvalue weighted by atomic mass is 10.1. The molecule has 26 heavy (non-hydrogen) atoms. The van der Waals surface area contributed by atoms with Gasteiger partial charge in [0.15, 0.2) is 11.5 Å². The number of nitrogens with one attached hydrogen (secondary N) is 1. The molecular weight excluding hydrogens is 330 g/mol. The number of unbranched alkanes of at least 4 members (excludes halogenated alkanes) is 1. The normalized spacial score (nSPS) is 10.3. The van der Waals surface area contributed by atoms with Crippen LogP contribution >= 0.6 is 0 Å². The van der Waals surface area contributed by atoms with Crippen LogP contribution < -0.4 is 19.5 Å². The summed E-state index contributed by atoms with van der Waals surface area (Å²) in [5.74, 6) is 2.16. The van der Waals surface area contributed by atoms with E-state index in [4.69, 9.17) is 14.2 Å². The number of hydrogen-bond donors (Lipinski definition) is 1. The molecule has 2 aromatic carbocycles. The second kappa shape index (κ2) is 10.3. The van der Waals surface area contributed by atoms with Crippen LogP contribution in [0.25, 0.3) is 0 Å². The van der Waals surface area contributed by atoms with E-state index in [9.17, 15) is 4.79 Å². The average molecular weight is 357 g/mol. The maximum Gasteiger partial charge on any atom is 0.224 e. The van der Waals surface area contributed by atoms with Crippen molar-refractivity contribution in [2.45, 2.75) is 32.7 Å². The number of rotatable bonds is 10. The standard InChI is InChI=1S/C21H27NO4/c1-4-5-12-26-19-11-8-17(13-20(19)25-3)15-22-21(23)14-16-6-9-18(24-2)10-7-16/h6-11,13H,4-5,12,14-15H2,1-3H3,(H,22,23). The summed E-state index contributed by atoms with van der Waals surface area (Å²) in [4.78, 5) is 12.1. The number of ether oxygens (including phenoxy) is 3. The molecule has 2 aromatic rings. The van der Waals surface area contributed by atoms with E-state index in [1.165, 1.54) is 0 Å². The van der Waals surface area contributed by atoms with Crippen LogP contribution in [0.5, 0.6) is 17.2 Å². The highest BCUT2D eigenvalue weighted by atomic mass is 16.5.